The van der Waals surface area contributed by atoms with Gasteiger partial charge in [-0.25, -0.2) is 14.8 Å². The molecule has 2 unspecified atom stereocenters. The minimum Gasteiger partial charge on any atom is -0.378 e. The minimum atomic E-state index is -0.819. The van der Waals surface area contributed by atoms with Crippen molar-refractivity contribution in [3.8, 4) is 0 Å². The molecule has 1 aromatic heterocycles. The van der Waals surface area contributed by atoms with Crippen molar-refractivity contribution >= 4 is 29.4 Å². The Morgan fingerprint density at radius 2 is 2.03 bits per heavy atom. The van der Waals surface area contributed by atoms with E-state index in [9.17, 15) is 19.2 Å². The average Bonchev–Trinajstić information content (AvgIpc) is 3.40. The summed E-state index contributed by atoms with van der Waals surface area (Å²) in [6.45, 7) is 0.979. The van der Waals surface area contributed by atoms with Crippen LogP contribution in [0, 0.1) is 0 Å². The quantitative estimate of drug-likeness (QED) is 0.581. The highest BCUT2D eigenvalue weighted by atomic mass is 16.5. The van der Waals surface area contributed by atoms with Crippen LogP contribution in [-0.2, 0) is 26.4 Å². The molecule has 3 aliphatic heterocycles. The first-order valence-electron chi connectivity index (χ1n) is 10.7. The van der Waals surface area contributed by atoms with Crippen molar-refractivity contribution in [2.24, 2.45) is 0 Å². The summed E-state index contributed by atoms with van der Waals surface area (Å²) in [5, 5.41) is 8.03. The number of amides is 5. The van der Waals surface area contributed by atoms with E-state index in [1.807, 2.05) is 0 Å². The van der Waals surface area contributed by atoms with Crippen LogP contribution in [0.4, 0.5) is 10.5 Å². The summed E-state index contributed by atoms with van der Waals surface area (Å²) < 4.78 is 5.50. The van der Waals surface area contributed by atoms with E-state index in [0.717, 1.165) is 0 Å². The van der Waals surface area contributed by atoms with Crippen LogP contribution in [0.1, 0.15) is 41.0 Å². The Bertz CT molecular complexity index is 1130. The van der Waals surface area contributed by atoms with Gasteiger partial charge in [-0.2, -0.15) is 0 Å². The lowest BCUT2D eigenvalue weighted by Crippen LogP contribution is -2.52. The maximum absolute atomic E-state index is 12.8. The first-order chi connectivity index (χ1) is 15.9. The largest absolute Gasteiger partial charge is 0.378 e. The fourth-order valence-corrected chi connectivity index (χ4v) is 4.47. The van der Waals surface area contributed by atoms with Crippen LogP contribution >= 0.6 is 0 Å². The van der Waals surface area contributed by atoms with Gasteiger partial charge in [0.25, 0.3) is 5.91 Å². The van der Waals surface area contributed by atoms with Gasteiger partial charge in [0, 0.05) is 49.6 Å². The van der Waals surface area contributed by atoms with Crippen molar-refractivity contribution in [3.05, 3.63) is 53.6 Å². The molecular formula is C22H22N6O5. The Hall–Kier alpha value is -3.86. The predicted molar refractivity (Wildman–Crippen MR) is 114 cm³/mol. The number of carbonyl (C=O) groups is 4. The number of imide groups is 1. The molecule has 0 spiro atoms. The van der Waals surface area contributed by atoms with Crippen LogP contribution in [0.3, 0.4) is 0 Å². The highest BCUT2D eigenvalue weighted by Crippen LogP contribution is 2.30. The van der Waals surface area contributed by atoms with E-state index >= 15 is 0 Å². The highest BCUT2D eigenvalue weighted by molar-refractivity contribution is 6.05. The van der Waals surface area contributed by atoms with Gasteiger partial charge in [0.15, 0.2) is 5.82 Å². The van der Waals surface area contributed by atoms with Gasteiger partial charge in [-0.05, 0) is 36.2 Å². The topological polar surface area (TPSA) is 143 Å². The van der Waals surface area contributed by atoms with Crippen molar-refractivity contribution in [2.75, 3.05) is 18.5 Å². The molecule has 0 saturated carbocycles. The number of carbonyl (C=O) groups excluding carboxylic acids is 4. The number of nitrogens with zero attached hydrogens (tertiary/aromatic N) is 3. The molecule has 2 atom stereocenters. The van der Waals surface area contributed by atoms with Crippen LogP contribution < -0.4 is 16.0 Å². The molecule has 3 N–H and O–H groups in total. The molecule has 3 aliphatic rings. The zero-order chi connectivity index (χ0) is 23.0. The molecule has 0 bridgehead atoms. The lowest BCUT2D eigenvalue weighted by atomic mass is 9.97. The summed E-state index contributed by atoms with van der Waals surface area (Å²) in [4.78, 5) is 59.3. The average molecular weight is 450 g/mol. The van der Waals surface area contributed by atoms with E-state index in [1.54, 1.807) is 36.7 Å². The van der Waals surface area contributed by atoms with Gasteiger partial charge in [-0.15, -0.1) is 0 Å². The number of urea groups is 1. The molecule has 5 rings (SSSR count). The molecule has 4 heterocycles. The monoisotopic (exact) mass is 450 g/mol. The van der Waals surface area contributed by atoms with E-state index in [-0.39, 0.29) is 31.4 Å². The van der Waals surface area contributed by atoms with Gasteiger partial charge < -0.3 is 20.3 Å². The maximum Gasteiger partial charge on any atom is 0.320 e. The second kappa shape index (κ2) is 8.24. The molecule has 1 aromatic carbocycles. The van der Waals surface area contributed by atoms with Crippen LogP contribution in [0.5, 0.6) is 0 Å². The highest BCUT2D eigenvalue weighted by Gasteiger charge is 2.41. The molecule has 170 valence electrons. The van der Waals surface area contributed by atoms with Gasteiger partial charge in [0.05, 0.1) is 6.61 Å². The molecule has 0 aliphatic carbocycles. The Morgan fingerprint density at radius 3 is 2.76 bits per heavy atom. The van der Waals surface area contributed by atoms with Crippen LogP contribution in [0.25, 0.3) is 0 Å². The zero-order valence-corrected chi connectivity index (χ0v) is 17.7. The third kappa shape index (κ3) is 3.91. The number of piperidine rings is 1. The molecule has 33 heavy (non-hydrogen) atoms. The molecule has 2 saturated heterocycles. The molecule has 0 radical (unpaired) electrons. The third-order valence-corrected chi connectivity index (χ3v) is 6.15. The molecule has 5 amide bonds. The SMILES string of the molecule is O=C1CCC(N2Cc3cc(NC(=O)NC4(c5ncccn5)CCOC4)ccc3C2=O)C(=O)N1. The van der Waals surface area contributed by atoms with Crippen LogP contribution in [0.15, 0.2) is 36.7 Å². The van der Waals surface area contributed by atoms with E-state index < -0.39 is 23.5 Å². The van der Waals surface area contributed by atoms with Gasteiger partial charge in [0.1, 0.15) is 11.6 Å². The lowest BCUT2D eigenvalue weighted by molar-refractivity contribution is -0.136. The van der Waals surface area contributed by atoms with Crippen LogP contribution in [0.2, 0.25) is 0 Å². The number of rotatable bonds is 4. The van der Waals surface area contributed by atoms with Crippen molar-refractivity contribution in [3.63, 3.8) is 0 Å². The number of nitrogens with one attached hydrogen (secondary N) is 3. The summed E-state index contributed by atoms with van der Waals surface area (Å²) in [7, 11) is 0. The summed E-state index contributed by atoms with van der Waals surface area (Å²) in [5.41, 5.74) is 0.865. The standard InChI is InChI=1S/C22H22N6O5/c29-17-5-4-16(18(30)26-17)28-11-13-10-14(2-3-15(13)19(28)31)25-21(32)27-22(6-9-33-12-22)20-23-7-1-8-24-20/h1-3,7-8,10,16H,4-6,9,11-12H2,(H2,25,27,32)(H,26,29,30). The van der Waals surface area contributed by atoms with Gasteiger partial charge >= 0.3 is 6.03 Å². The summed E-state index contributed by atoms with van der Waals surface area (Å²) in [6.07, 6.45) is 4.27. The van der Waals surface area contributed by atoms with Gasteiger partial charge in [-0.3, -0.25) is 19.7 Å². The van der Waals surface area contributed by atoms with Crippen LogP contribution in [-0.4, -0.2) is 57.9 Å². The van der Waals surface area contributed by atoms with Crippen molar-refractivity contribution in [2.45, 2.75) is 37.4 Å². The fourth-order valence-electron chi connectivity index (χ4n) is 4.47. The summed E-state index contributed by atoms with van der Waals surface area (Å²) in [6, 6.07) is 5.57. The second-order valence-electron chi connectivity index (χ2n) is 8.31. The lowest BCUT2D eigenvalue weighted by Gasteiger charge is -2.29. The van der Waals surface area contributed by atoms with E-state index in [2.05, 4.69) is 25.9 Å². The number of fused-ring (bicyclic) bond motifs is 1. The molecular weight excluding hydrogens is 428 g/mol. The van der Waals surface area contributed by atoms with Gasteiger partial charge in [-0.1, -0.05) is 0 Å². The number of hydrogen-bond acceptors (Lipinski definition) is 7. The normalized spacial score (nSPS) is 24.4. The smallest absolute Gasteiger partial charge is 0.320 e. The number of ether oxygens (including phenoxy) is 1. The third-order valence-electron chi connectivity index (χ3n) is 6.15. The van der Waals surface area contributed by atoms with E-state index in [0.29, 0.717) is 42.1 Å². The molecule has 11 nitrogen and oxygen atoms in total. The van der Waals surface area contributed by atoms with Crippen molar-refractivity contribution < 1.29 is 23.9 Å². The number of hydrogen-bond donors (Lipinski definition) is 3. The van der Waals surface area contributed by atoms with E-state index in [4.69, 9.17) is 4.74 Å². The van der Waals surface area contributed by atoms with E-state index in [1.165, 1.54) is 4.90 Å². The summed E-state index contributed by atoms with van der Waals surface area (Å²) >= 11 is 0. The van der Waals surface area contributed by atoms with Crippen molar-refractivity contribution in [1.29, 1.82) is 0 Å². The number of anilines is 1. The Kier molecular flexibility index (Phi) is 5.25. The zero-order valence-electron chi connectivity index (χ0n) is 17.7. The minimum absolute atomic E-state index is 0.195. The molecule has 2 aromatic rings. The Morgan fingerprint density at radius 1 is 1.21 bits per heavy atom. The maximum atomic E-state index is 12.8. The van der Waals surface area contributed by atoms with Crippen molar-refractivity contribution in [1.82, 2.24) is 25.5 Å². The fraction of sp³-hybridized carbons (Fsp3) is 0.364. The second-order valence-corrected chi connectivity index (χ2v) is 8.31. The summed E-state index contributed by atoms with van der Waals surface area (Å²) in [5.74, 6) is -0.572. The molecule has 11 heteroatoms. The predicted octanol–water partition coefficient (Wildman–Crippen LogP) is 0.675. The first kappa shape index (κ1) is 21.0. The number of benzene rings is 1. The number of aromatic nitrogens is 2. The van der Waals surface area contributed by atoms with Gasteiger partial charge in [0.2, 0.25) is 11.8 Å². The Balaban J connectivity index is 1.29. The molecule has 2 fully saturated rings. The first-order valence-corrected chi connectivity index (χ1v) is 10.7. The Labute approximate surface area is 188 Å².